The molecule has 0 aliphatic heterocycles. The first-order chi connectivity index (χ1) is 5.11. The molecule has 1 unspecified atom stereocenters. The van der Waals surface area contributed by atoms with Crippen LogP contribution in [0.4, 0.5) is 0 Å². The number of allylic oxidation sites excluding steroid dienone is 3. The van der Waals surface area contributed by atoms with Gasteiger partial charge in [0.15, 0.2) is 0 Å². The normalized spacial score (nSPS) is 24.0. The van der Waals surface area contributed by atoms with Crippen LogP contribution < -0.4 is 0 Å². The van der Waals surface area contributed by atoms with Crippen LogP contribution in [0.25, 0.3) is 0 Å². The number of aliphatic carboxylic acids is 1. The minimum Gasteiger partial charge on any atom is -0.478 e. The summed E-state index contributed by atoms with van der Waals surface area (Å²) in [6.45, 7) is 1.91. The van der Waals surface area contributed by atoms with Crippen molar-refractivity contribution in [3.05, 3.63) is 22.8 Å². The maximum Gasteiger partial charge on any atom is 0.331 e. The fourth-order valence-electron chi connectivity index (χ4n) is 0.998. The molecular weight excluding hydrogens is 164 g/mol. The molecule has 3 heteroatoms. The average Bonchev–Trinajstić information content (AvgIpc) is 1.94. The first kappa shape index (κ1) is 8.34. The highest BCUT2D eigenvalue weighted by atomic mass is 35.5. The van der Waals surface area contributed by atoms with Crippen molar-refractivity contribution in [2.75, 3.05) is 0 Å². The molecule has 11 heavy (non-hydrogen) atoms. The summed E-state index contributed by atoms with van der Waals surface area (Å²) in [5.74, 6) is -0.704. The van der Waals surface area contributed by atoms with E-state index in [2.05, 4.69) is 0 Å². The minimum absolute atomic E-state index is 0.146. The predicted molar refractivity (Wildman–Crippen MR) is 43.4 cm³/mol. The van der Waals surface area contributed by atoms with Gasteiger partial charge in [-0.25, -0.2) is 4.79 Å². The van der Waals surface area contributed by atoms with Crippen molar-refractivity contribution in [3.8, 4) is 0 Å². The van der Waals surface area contributed by atoms with Gasteiger partial charge in [0, 0.05) is 10.6 Å². The highest BCUT2D eigenvalue weighted by Gasteiger charge is 2.17. The zero-order valence-corrected chi connectivity index (χ0v) is 6.93. The monoisotopic (exact) mass is 172 g/mol. The number of rotatable bonds is 1. The van der Waals surface area contributed by atoms with E-state index in [9.17, 15) is 4.79 Å². The van der Waals surface area contributed by atoms with Crippen molar-refractivity contribution >= 4 is 17.6 Å². The number of carboxylic acids is 1. The Hall–Kier alpha value is -0.760. The van der Waals surface area contributed by atoms with E-state index < -0.39 is 5.97 Å². The molecule has 0 aromatic heterocycles. The Balaban J connectivity index is 2.82. The molecule has 0 heterocycles. The standard InChI is InChI=1S/C8H9ClO2/c1-5-4-6(8(10)11)2-3-7(5)9/h2-3,5H,4H2,1H3,(H,10,11). The van der Waals surface area contributed by atoms with Crippen molar-refractivity contribution in [2.45, 2.75) is 13.3 Å². The van der Waals surface area contributed by atoms with Crippen molar-refractivity contribution in [3.63, 3.8) is 0 Å². The van der Waals surface area contributed by atoms with Gasteiger partial charge < -0.3 is 5.11 Å². The lowest BCUT2D eigenvalue weighted by Crippen LogP contribution is -2.08. The van der Waals surface area contributed by atoms with Gasteiger partial charge in [-0.05, 0) is 18.4 Å². The molecular formula is C8H9ClO2. The molecule has 60 valence electrons. The number of carbonyl (C=O) groups is 1. The van der Waals surface area contributed by atoms with Gasteiger partial charge in [0.25, 0.3) is 0 Å². The summed E-state index contributed by atoms with van der Waals surface area (Å²) in [7, 11) is 0. The quantitative estimate of drug-likeness (QED) is 0.658. The van der Waals surface area contributed by atoms with Crippen LogP contribution in [0.2, 0.25) is 0 Å². The van der Waals surface area contributed by atoms with E-state index in [0.29, 0.717) is 12.0 Å². The lowest BCUT2D eigenvalue weighted by molar-refractivity contribution is -0.132. The Labute approximate surface area is 70.2 Å². The van der Waals surface area contributed by atoms with Gasteiger partial charge in [0.2, 0.25) is 0 Å². The third kappa shape index (κ3) is 1.84. The Morgan fingerprint density at radius 1 is 1.73 bits per heavy atom. The topological polar surface area (TPSA) is 37.3 Å². The molecule has 0 spiro atoms. The second-order valence-electron chi connectivity index (χ2n) is 2.65. The van der Waals surface area contributed by atoms with Gasteiger partial charge in [-0.2, -0.15) is 0 Å². The van der Waals surface area contributed by atoms with Crippen LogP contribution in [-0.4, -0.2) is 11.1 Å². The number of halogens is 1. The summed E-state index contributed by atoms with van der Waals surface area (Å²) in [6.07, 6.45) is 3.74. The molecule has 1 N–H and O–H groups in total. The third-order valence-corrected chi connectivity index (χ3v) is 2.21. The predicted octanol–water partition coefficient (Wildman–Crippen LogP) is 2.16. The van der Waals surface area contributed by atoms with E-state index in [0.717, 1.165) is 5.03 Å². The third-order valence-electron chi connectivity index (χ3n) is 1.72. The van der Waals surface area contributed by atoms with E-state index in [1.807, 2.05) is 6.92 Å². The molecule has 1 rings (SSSR count). The largest absolute Gasteiger partial charge is 0.478 e. The van der Waals surface area contributed by atoms with E-state index in [-0.39, 0.29) is 5.92 Å². The van der Waals surface area contributed by atoms with Gasteiger partial charge in [0.1, 0.15) is 0 Å². The molecule has 0 fully saturated rings. The van der Waals surface area contributed by atoms with Crippen LogP contribution in [0.15, 0.2) is 22.8 Å². The molecule has 1 atom stereocenters. The zero-order chi connectivity index (χ0) is 8.43. The minimum atomic E-state index is -0.850. The van der Waals surface area contributed by atoms with Gasteiger partial charge in [-0.1, -0.05) is 24.6 Å². The molecule has 2 nitrogen and oxygen atoms in total. The van der Waals surface area contributed by atoms with Gasteiger partial charge in [-0.3, -0.25) is 0 Å². The average molecular weight is 173 g/mol. The Kier molecular flexibility index (Phi) is 2.35. The van der Waals surface area contributed by atoms with Gasteiger partial charge in [0.05, 0.1) is 0 Å². The molecule has 0 bridgehead atoms. The molecule has 0 aromatic carbocycles. The highest BCUT2D eigenvalue weighted by Crippen LogP contribution is 2.27. The lowest BCUT2D eigenvalue weighted by Gasteiger charge is -2.14. The highest BCUT2D eigenvalue weighted by molar-refractivity contribution is 6.30. The van der Waals surface area contributed by atoms with Crippen LogP contribution in [0.1, 0.15) is 13.3 Å². The maximum atomic E-state index is 10.5. The van der Waals surface area contributed by atoms with Crippen molar-refractivity contribution < 1.29 is 9.90 Å². The van der Waals surface area contributed by atoms with Gasteiger partial charge >= 0.3 is 5.97 Å². The Morgan fingerprint density at radius 2 is 2.36 bits per heavy atom. The van der Waals surface area contributed by atoms with E-state index in [1.165, 1.54) is 0 Å². The van der Waals surface area contributed by atoms with Gasteiger partial charge in [-0.15, -0.1) is 0 Å². The summed E-state index contributed by atoms with van der Waals surface area (Å²) >= 11 is 5.76. The van der Waals surface area contributed by atoms with Crippen molar-refractivity contribution in [1.29, 1.82) is 0 Å². The number of hydrogen-bond acceptors (Lipinski definition) is 1. The summed E-state index contributed by atoms with van der Waals surface area (Å²) in [4.78, 5) is 10.5. The SMILES string of the molecule is CC1CC(C(=O)O)=CC=C1Cl. The fraction of sp³-hybridized carbons (Fsp3) is 0.375. The van der Waals surface area contributed by atoms with Crippen LogP contribution in [-0.2, 0) is 4.79 Å². The van der Waals surface area contributed by atoms with Crippen molar-refractivity contribution in [1.82, 2.24) is 0 Å². The smallest absolute Gasteiger partial charge is 0.331 e. The Morgan fingerprint density at radius 3 is 2.82 bits per heavy atom. The van der Waals surface area contributed by atoms with Crippen molar-refractivity contribution in [2.24, 2.45) is 5.92 Å². The van der Waals surface area contributed by atoms with Crippen LogP contribution in [0.5, 0.6) is 0 Å². The molecule has 0 amide bonds. The summed E-state index contributed by atoms with van der Waals surface area (Å²) in [5.41, 5.74) is 0.432. The molecule has 0 saturated heterocycles. The lowest BCUT2D eigenvalue weighted by atomic mass is 9.96. The van der Waals surface area contributed by atoms with Crippen LogP contribution in [0, 0.1) is 5.92 Å². The summed E-state index contributed by atoms with van der Waals surface area (Å²) in [5, 5.41) is 9.33. The second kappa shape index (κ2) is 3.09. The maximum absolute atomic E-state index is 10.5. The van der Waals surface area contributed by atoms with E-state index >= 15 is 0 Å². The molecule has 1 aliphatic rings. The Bertz CT molecular complexity index is 240. The molecule has 0 radical (unpaired) electrons. The fourth-order valence-corrected chi connectivity index (χ4v) is 1.14. The van der Waals surface area contributed by atoms with Crippen LogP contribution >= 0.6 is 11.6 Å². The summed E-state index contributed by atoms with van der Waals surface area (Å²) in [6, 6.07) is 0. The van der Waals surface area contributed by atoms with E-state index in [1.54, 1.807) is 12.2 Å². The number of hydrogen-bond donors (Lipinski definition) is 1. The first-order valence-electron chi connectivity index (χ1n) is 3.41. The first-order valence-corrected chi connectivity index (χ1v) is 3.78. The summed E-state index contributed by atoms with van der Waals surface area (Å²) < 4.78 is 0. The molecule has 1 aliphatic carbocycles. The molecule has 0 aromatic rings. The van der Waals surface area contributed by atoms with E-state index in [4.69, 9.17) is 16.7 Å². The second-order valence-corrected chi connectivity index (χ2v) is 3.09. The van der Waals surface area contributed by atoms with Crippen LogP contribution in [0.3, 0.4) is 0 Å². The number of carboxylic acid groups (broad SMARTS) is 1. The zero-order valence-electron chi connectivity index (χ0n) is 6.17. The molecule has 0 saturated carbocycles.